The molecule has 7 unspecified atom stereocenters. The maximum Gasteiger partial charge on any atom is 0.220 e. The molecule has 51 heavy (non-hydrogen) atoms. The van der Waals surface area contributed by atoms with Gasteiger partial charge >= 0.3 is 0 Å². The fourth-order valence-corrected chi connectivity index (χ4v) is 6.58. The highest BCUT2D eigenvalue weighted by Gasteiger charge is 2.44. The van der Waals surface area contributed by atoms with Crippen LogP contribution in [0.25, 0.3) is 0 Å². The van der Waals surface area contributed by atoms with Gasteiger partial charge in [0.2, 0.25) is 5.91 Å². The Morgan fingerprint density at radius 2 is 1.12 bits per heavy atom. The highest BCUT2D eigenvalue weighted by Crippen LogP contribution is 2.22. The average Bonchev–Trinajstić information content (AvgIpc) is 3.13. The first-order valence-corrected chi connectivity index (χ1v) is 21.1. The summed E-state index contributed by atoms with van der Waals surface area (Å²) in [5, 5.41) is 53.5. The Morgan fingerprint density at radius 1 is 0.647 bits per heavy atom. The first kappa shape index (κ1) is 47.7. The fraction of sp³-hybridized carbons (Fsp3) is 0.881. The van der Waals surface area contributed by atoms with Crippen molar-refractivity contribution in [1.82, 2.24) is 5.32 Å². The molecule has 300 valence electrons. The van der Waals surface area contributed by atoms with Gasteiger partial charge in [-0.05, 0) is 32.1 Å². The van der Waals surface area contributed by atoms with E-state index >= 15 is 0 Å². The normalized spacial score (nSPS) is 22.2. The van der Waals surface area contributed by atoms with Crippen LogP contribution in [-0.2, 0) is 14.3 Å². The molecule has 1 aliphatic rings. The van der Waals surface area contributed by atoms with Crippen molar-refractivity contribution in [2.45, 2.75) is 224 Å². The SMILES string of the molecule is CCCCCCCCCCCCCCCCCCCCC/C=C/CC/C=C/C(O)C(COC1OC(CO)C(O)C(O)C1O)NC(=O)CCCCC. The molecule has 0 spiro atoms. The lowest BCUT2D eigenvalue weighted by Gasteiger charge is -2.40. The second-order valence-corrected chi connectivity index (χ2v) is 14.8. The van der Waals surface area contributed by atoms with E-state index < -0.39 is 49.5 Å². The lowest BCUT2D eigenvalue weighted by atomic mass is 9.99. The number of nitrogens with one attached hydrogen (secondary N) is 1. The predicted octanol–water partition coefficient (Wildman–Crippen LogP) is 7.94. The van der Waals surface area contributed by atoms with Crippen LogP contribution in [0.1, 0.15) is 181 Å². The summed E-state index contributed by atoms with van der Waals surface area (Å²) in [5.74, 6) is -0.212. The summed E-state index contributed by atoms with van der Waals surface area (Å²) in [7, 11) is 0. The highest BCUT2D eigenvalue weighted by atomic mass is 16.7. The molecule has 0 aromatic carbocycles. The molecule has 0 aromatic heterocycles. The first-order chi connectivity index (χ1) is 24.8. The zero-order valence-electron chi connectivity index (χ0n) is 32.6. The third-order valence-electron chi connectivity index (χ3n) is 10.0. The molecule has 9 nitrogen and oxygen atoms in total. The van der Waals surface area contributed by atoms with Crippen LogP contribution in [0.15, 0.2) is 24.3 Å². The van der Waals surface area contributed by atoms with Crippen molar-refractivity contribution < 1.29 is 39.8 Å². The van der Waals surface area contributed by atoms with Crippen molar-refractivity contribution in [1.29, 1.82) is 0 Å². The van der Waals surface area contributed by atoms with E-state index in [9.17, 15) is 30.3 Å². The maximum atomic E-state index is 12.5. The van der Waals surface area contributed by atoms with E-state index in [2.05, 4.69) is 31.3 Å². The van der Waals surface area contributed by atoms with Crippen LogP contribution in [0.3, 0.4) is 0 Å². The summed E-state index contributed by atoms with van der Waals surface area (Å²) in [6, 6.07) is -0.812. The number of amides is 1. The Kier molecular flexibility index (Phi) is 31.1. The van der Waals surface area contributed by atoms with Crippen LogP contribution < -0.4 is 5.32 Å². The number of ether oxygens (including phenoxy) is 2. The first-order valence-electron chi connectivity index (χ1n) is 21.1. The van der Waals surface area contributed by atoms with Gasteiger partial charge in [0, 0.05) is 6.42 Å². The smallest absolute Gasteiger partial charge is 0.220 e. The fourth-order valence-electron chi connectivity index (χ4n) is 6.58. The molecular weight excluding hydrogens is 646 g/mol. The molecule has 1 amide bonds. The van der Waals surface area contributed by atoms with Gasteiger partial charge in [0.1, 0.15) is 24.4 Å². The molecule has 0 saturated carbocycles. The number of hydrogen-bond acceptors (Lipinski definition) is 8. The Morgan fingerprint density at radius 3 is 1.65 bits per heavy atom. The van der Waals surface area contributed by atoms with Gasteiger partial charge in [0.15, 0.2) is 6.29 Å². The predicted molar refractivity (Wildman–Crippen MR) is 207 cm³/mol. The molecular formula is C42H79NO8. The second kappa shape index (κ2) is 33.3. The number of carbonyl (C=O) groups is 1. The molecule has 1 aliphatic heterocycles. The Balaban J connectivity index is 2.17. The largest absolute Gasteiger partial charge is 0.394 e. The average molecular weight is 726 g/mol. The minimum Gasteiger partial charge on any atom is -0.394 e. The number of carbonyl (C=O) groups excluding carboxylic acids is 1. The summed E-state index contributed by atoms with van der Waals surface area (Å²) < 4.78 is 11.0. The number of aliphatic hydroxyl groups is 5. The molecule has 0 aromatic rings. The standard InChI is InChI=1S/C42H79NO8/c1-3-5-7-8-9-10-11-12-13-14-15-16-17-18-19-20-21-22-23-24-25-26-27-28-30-31-36(45)35(43-38(46)32-29-6-4-2)34-50-42-41(49)40(48)39(47)37(33-44)51-42/h25-26,30-31,35-37,39-42,44-45,47-49H,3-24,27-29,32-34H2,1-2H3,(H,43,46)/b26-25+,31-30+. The van der Waals surface area contributed by atoms with E-state index in [1.165, 1.54) is 122 Å². The molecule has 9 heteroatoms. The quantitative estimate of drug-likeness (QED) is 0.0289. The zero-order chi connectivity index (χ0) is 37.4. The van der Waals surface area contributed by atoms with Gasteiger partial charge in [0.05, 0.1) is 25.4 Å². The summed E-state index contributed by atoms with van der Waals surface area (Å²) in [6.07, 6.45) is 31.9. The number of hydrogen-bond donors (Lipinski definition) is 6. The van der Waals surface area contributed by atoms with E-state index in [1.54, 1.807) is 6.08 Å². The van der Waals surface area contributed by atoms with Gasteiger partial charge in [-0.25, -0.2) is 0 Å². The zero-order valence-corrected chi connectivity index (χ0v) is 32.6. The molecule has 1 fully saturated rings. The maximum absolute atomic E-state index is 12.5. The molecule has 1 rings (SSSR count). The number of unbranched alkanes of at least 4 members (excludes halogenated alkanes) is 22. The topological polar surface area (TPSA) is 149 Å². The van der Waals surface area contributed by atoms with Crippen molar-refractivity contribution in [3.63, 3.8) is 0 Å². The van der Waals surface area contributed by atoms with Crippen LogP contribution in [0.4, 0.5) is 0 Å². The van der Waals surface area contributed by atoms with Crippen LogP contribution in [0.5, 0.6) is 0 Å². The van der Waals surface area contributed by atoms with Gasteiger partial charge in [-0.15, -0.1) is 0 Å². The van der Waals surface area contributed by atoms with Crippen LogP contribution >= 0.6 is 0 Å². The lowest BCUT2D eigenvalue weighted by molar-refractivity contribution is -0.302. The van der Waals surface area contributed by atoms with Gasteiger partial charge < -0.3 is 40.3 Å². The Bertz CT molecular complexity index is 853. The summed E-state index contributed by atoms with van der Waals surface area (Å²) >= 11 is 0. The van der Waals surface area contributed by atoms with Crippen molar-refractivity contribution in [2.75, 3.05) is 13.2 Å². The van der Waals surface area contributed by atoms with E-state index in [0.29, 0.717) is 6.42 Å². The Labute approximate surface area is 311 Å². The van der Waals surface area contributed by atoms with E-state index in [0.717, 1.165) is 38.5 Å². The third-order valence-corrected chi connectivity index (χ3v) is 10.0. The molecule has 7 atom stereocenters. The number of aliphatic hydroxyl groups excluding tert-OH is 5. The molecule has 0 aliphatic carbocycles. The van der Waals surface area contributed by atoms with Gasteiger partial charge in [-0.1, -0.05) is 167 Å². The third kappa shape index (κ3) is 24.6. The van der Waals surface area contributed by atoms with Crippen LogP contribution in [0, 0.1) is 0 Å². The summed E-state index contributed by atoms with van der Waals surface area (Å²) in [6.45, 7) is 3.57. The van der Waals surface area contributed by atoms with Crippen molar-refractivity contribution in [2.24, 2.45) is 0 Å². The van der Waals surface area contributed by atoms with Crippen molar-refractivity contribution >= 4 is 5.91 Å². The highest BCUT2D eigenvalue weighted by molar-refractivity contribution is 5.76. The number of rotatable bonds is 34. The monoisotopic (exact) mass is 726 g/mol. The van der Waals surface area contributed by atoms with Gasteiger partial charge in [0.25, 0.3) is 0 Å². The molecule has 1 heterocycles. The van der Waals surface area contributed by atoms with Crippen LogP contribution in [0.2, 0.25) is 0 Å². The minimum absolute atomic E-state index is 0.201. The van der Waals surface area contributed by atoms with Crippen LogP contribution in [-0.4, -0.2) is 87.5 Å². The lowest BCUT2D eigenvalue weighted by Crippen LogP contribution is -2.60. The molecule has 0 radical (unpaired) electrons. The molecule has 1 saturated heterocycles. The van der Waals surface area contributed by atoms with E-state index in [1.807, 2.05) is 6.08 Å². The molecule has 6 N–H and O–H groups in total. The van der Waals surface area contributed by atoms with E-state index in [4.69, 9.17) is 9.47 Å². The van der Waals surface area contributed by atoms with Crippen molar-refractivity contribution in [3.8, 4) is 0 Å². The molecule has 0 bridgehead atoms. The minimum atomic E-state index is -1.57. The Hall–Kier alpha value is -1.33. The van der Waals surface area contributed by atoms with Crippen molar-refractivity contribution in [3.05, 3.63) is 24.3 Å². The van der Waals surface area contributed by atoms with Gasteiger partial charge in [-0.2, -0.15) is 0 Å². The van der Waals surface area contributed by atoms with E-state index in [-0.39, 0.29) is 12.5 Å². The second-order valence-electron chi connectivity index (χ2n) is 14.8. The summed E-state index contributed by atoms with van der Waals surface area (Å²) in [5.41, 5.74) is 0. The summed E-state index contributed by atoms with van der Waals surface area (Å²) in [4.78, 5) is 12.5. The van der Waals surface area contributed by atoms with Gasteiger partial charge in [-0.3, -0.25) is 4.79 Å². The number of allylic oxidation sites excluding steroid dienone is 3.